The third-order valence-electron chi connectivity index (χ3n) is 4.97. The van der Waals surface area contributed by atoms with Crippen molar-refractivity contribution in [1.82, 2.24) is 30.0 Å². The molecule has 1 aliphatic heterocycles. The molecule has 11 heteroatoms. The van der Waals surface area contributed by atoms with E-state index < -0.39 is 0 Å². The molecule has 3 rings (SSSR count). The van der Waals surface area contributed by atoms with Crippen LogP contribution in [0.3, 0.4) is 0 Å². The van der Waals surface area contributed by atoms with E-state index in [1.54, 1.807) is 29.3 Å². The highest BCUT2D eigenvalue weighted by Gasteiger charge is 2.28. The van der Waals surface area contributed by atoms with Gasteiger partial charge in [-0.2, -0.15) is 15.3 Å². The van der Waals surface area contributed by atoms with Crippen molar-refractivity contribution in [2.24, 2.45) is 0 Å². The van der Waals surface area contributed by atoms with Crippen LogP contribution in [0, 0.1) is 11.3 Å². The number of amides is 2. The highest BCUT2D eigenvalue weighted by molar-refractivity contribution is 5.77. The Morgan fingerprint density at radius 1 is 1.38 bits per heavy atom. The number of aromatic nitrogens is 4. The van der Waals surface area contributed by atoms with Gasteiger partial charge in [0.25, 0.3) is 0 Å². The lowest BCUT2D eigenvalue weighted by atomic mass is 10.2. The molecule has 0 saturated carbocycles. The smallest absolute Gasteiger partial charge is 0.241 e. The van der Waals surface area contributed by atoms with E-state index in [-0.39, 0.29) is 43.3 Å². The van der Waals surface area contributed by atoms with Crippen LogP contribution >= 0.6 is 0 Å². The van der Waals surface area contributed by atoms with Crippen LogP contribution in [-0.4, -0.2) is 61.6 Å². The molecule has 1 fully saturated rings. The minimum Gasteiger partial charge on any atom is -0.368 e. The summed E-state index contributed by atoms with van der Waals surface area (Å²) in [7, 11) is 0. The lowest BCUT2D eigenvalue weighted by molar-refractivity contribution is -0.131. The Morgan fingerprint density at radius 3 is 3.00 bits per heavy atom. The third-order valence-corrected chi connectivity index (χ3v) is 4.97. The van der Waals surface area contributed by atoms with Gasteiger partial charge in [-0.25, -0.2) is 4.98 Å². The molecule has 170 valence electrons. The number of nitrogens with one attached hydrogen (secondary N) is 3. The first-order valence-electron chi connectivity index (χ1n) is 10.8. The first-order chi connectivity index (χ1) is 15.4. The van der Waals surface area contributed by atoms with Gasteiger partial charge < -0.3 is 20.9 Å². The fourth-order valence-corrected chi connectivity index (χ4v) is 3.58. The van der Waals surface area contributed by atoms with Gasteiger partial charge in [0.15, 0.2) is 0 Å². The SMILES string of the molecule is CC(C)NC(=O)Cn1cc(Nc2nccc(NCC3CCCN3C(=O)CCC#N)n2)cn1. The van der Waals surface area contributed by atoms with E-state index in [0.717, 1.165) is 19.4 Å². The van der Waals surface area contributed by atoms with Crippen LogP contribution in [0.15, 0.2) is 24.7 Å². The van der Waals surface area contributed by atoms with Crippen molar-refractivity contribution < 1.29 is 9.59 Å². The summed E-state index contributed by atoms with van der Waals surface area (Å²) in [5.74, 6) is 0.959. The highest BCUT2D eigenvalue weighted by Crippen LogP contribution is 2.20. The number of carbonyl (C=O) groups excluding carboxylic acids is 2. The van der Waals surface area contributed by atoms with Crippen molar-refractivity contribution in [2.75, 3.05) is 23.7 Å². The number of hydrogen-bond acceptors (Lipinski definition) is 8. The normalized spacial score (nSPS) is 15.4. The molecule has 0 radical (unpaired) electrons. The van der Waals surface area contributed by atoms with Crippen molar-refractivity contribution in [3.63, 3.8) is 0 Å². The number of nitrogens with zero attached hydrogens (tertiary/aromatic N) is 6. The Labute approximate surface area is 187 Å². The molecule has 2 aromatic rings. The predicted molar refractivity (Wildman–Crippen MR) is 119 cm³/mol. The molecule has 32 heavy (non-hydrogen) atoms. The van der Waals surface area contributed by atoms with Crippen LogP contribution in [0.2, 0.25) is 0 Å². The summed E-state index contributed by atoms with van der Waals surface area (Å²) in [6.07, 6.45) is 7.35. The number of likely N-dealkylation sites (tertiary alicyclic amines) is 1. The molecule has 1 saturated heterocycles. The molecule has 2 amide bonds. The van der Waals surface area contributed by atoms with E-state index >= 15 is 0 Å². The van der Waals surface area contributed by atoms with Crippen LogP contribution in [0.5, 0.6) is 0 Å². The van der Waals surface area contributed by atoms with Crippen molar-refractivity contribution in [3.8, 4) is 6.07 Å². The van der Waals surface area contributed by atoms with Gasteiger partial charge in [-0.15, -0.1) is 0 Å². The number of rotatable bonds is 10. The number of nitriles is 1. The zero-order valence-electron chi connectivity index (χ0n) is 18.4. The van der Waals surface area contributed by atoms with E-state index in [4.69, 9.17) is 5.26 Å². The summed E-state index contributed by atoms with van der Waals surface area (Å²) < 4.78 is 1.54. The zero-order chi connectivity index (χ0) is 22.9. The largest absolute Gasteiger partial charge is 0.368 e. The van der Waals surface area contributed by atoms with Gasteiger partial charge in [-0.1, -0.05) is 0 Å². The van der Waals surface area contributed by atoms with Gasteiger partial charge in [-0.3, -0.25) is 14.3 Å². The average Bonchev–Trinajstić information content (AvgIpc) is 3.39. The molecule has 0 aliphatic carbocycles. The summed E-state index contributed by atoms with van der Waals surface area (Å²) in [6, 6.07) is 3.95. The van der Waals surface area contributed by atoms with Crippen LogP contribution in [-0.2, 0) is 16.1 Å². The minimum absolute atomic E-state index is 0.0278. The summed E-state index contributed by atoms with van der Waals surface area (Å²) >= 11 is 0. The maximum Gasteiger partial charge on any atom is 0.241 e. The molecule has 3 N–H and O–H groups in total. The number of carbonyl (C=O) groups is 2. The number of hydrogen-bond donors (Lipinski definition) is 3. The summed E-state index contributed by atoms with van der Waals surface area (Å²) in [5.41, 5.74) is 0.671. The molecule has 1 unspecified atom stereocenters. The Balaban J connectivity index is 1.53. The van der Waals surface area contributed by atoms with Crippen LogP contribution < -0.4 is 16.0 Å². The molecule has 2 aromatic heterocycles. The van der Waals surface area contributed by atoms with E-state index in [0.29, 0.717) is 24.0 Å². The fraction of sp³-hybridized carbons (Fsp3) is 0.524. The third kappa shape index (κ3) is 6.66. The van der Waals surface area contributed by atoms with Gasteiger partial charge in [0.1, 0.15) is 12.4 Å². The van der Waals surface area contributed by atoms with E-state index in [9.17, 15) is 9.59 Å². The molecule has 0 spiro atoms. The van der Waals surface area contributed by atoms with Crippen LogP contribution in [0.25, 0.3) is 0 Å². The highest BCUT2D eigenvalue weighted by atomic mass is 16.2. The first kappa shape index (κ1) is 23.0. The Kier molecular flexibility index (Phi) is 7.96. The second kappa shape index (κ2) is 11.1. The van der Waals surface area contributed by atoms with Crippen molar-refractivity contribution >= 4 is 29.3 Å². The molecule has 1 atom stereocenters. The average molecular weight is 440 g/mol. The summed E-state index contributed by atoms with van der Waals surface area (Å²) in [6.45, 7) is 5.25. The summed E-state index contributed by atoms with van der Waals surface area (Å²) in [4.78, 5) is 34.7. The van der Waals surface area contributed by atoms with Crippen LogP contribution in [0.4, 0.5) is 17.5 Å². The van der Waals surface area contributed by atoms with E-state index in [1.165, 1.54) is 0 Å². The van der Waals surface area contributed by atoms with Crippen molar-refractivity contribution in [2.45, 2.75) is 58.2 Å². The zero-order valence-corrected chi connectivity index (χ0v) is 18.4. The molecule has 1 aliphatic rings. The molecule has 0 bridgehead atoms. The quantitative estimate of drug-likeness (QED) is 0.507. The van der Waals surface area contributed by atoms with Gasteiger partial charge in [0.2, 0.25) is 17.8 Å². The maximum atomic E-state index is 12.3. The van der Waals surface area contributed by atoms with Crippen molar-refractivity contribution in [3.05, 3.63) is 24.7 Å². The van der Waals surface area contributed by atoms with Gasteiger partial charge in [-0.05, 0) is 32.8 Å². The van der Waals surface area contributed by atoms with Gasteiger partial charge >= 0.3 is 0 Å². The molecule has 11 nitrogen and oxygen atoms in total. The summed E-state index contributed by atoms with van der Waals surface area (Å²) in [5, 5.41) is 22.1. The maximum absolute atomic E-state index is 12.3. The lowest BCUT2D eigenvalue weighted by Crippen LogP contribution is -2.39. The topological polar surface area (TPSA) is 141 Å². The molecule has 0 aromatic carbocycles. The van der Waals surface area contributed by atoms with Crippen LogP contribution in [0.1, 0.15) is 39.5 Å². The van der Waals surface area contributed by atoms with E-state index in [2.05, 4.69) is 31.0 Å². The van der Waals surface area contributed by atoms with Gasteiger partial charge in [0.05, 0.1) is 18.0 Å². The fourth-order valence-electron chi connectivity index (χ4n) is 3.58. The standard InChI is InChI=1S/C21H29N9O2/c1-15(2)26-19(31)14-29-13-16(11-25-29)27-21-23-9-7-18(28-21)24-12-17-5-4-10-30(17)20(32)6-3-8-22/h7,9,11,13,15,17H,3-6,10,12,14H2,1-2H3,(H,26,31)(H2,23,24,27,28). The second-order valence-electron chi connectivity index (χ2n) is 7.96. The van der Waals surface area contributed by atoms with Crippen molar-refractivity contribution in [1.29, 1.82) is 5.26 Å². The Hall–Kier alpha value is -3.68. The predicted octanol–water partition coefficient (Wildman–Crippen LogP) is 1.65. The number of anilines is 3. The molecular weight excluding hydrogens is 410 g/mol. The lowest BCUT2D eigenvalue weighted by Gasteiger charge is -2.25. The first-order valence-corrected chi connectivity index (χ1v) is 10.8. The Bertz CT molecular complexity index is 966. The molecule has 3 heterocycles. The monoisotopic (exact) mass is 439 g/mol. The second-order valence-corrected chi connectivity index (χ2v) is 7.96. The Morgan fingerprint density at radius 2 is 2.22 bits per heavy atom. The van der Waals surface area contributed by atoms with E-state index in [1.807, 2.05) is 24.8 Å². The molecular formula is C21H29N9O2. The van der Waals surface area contributed by atoms with Gasteiger partial charge in [0, 0.05) is 50.4 Å². The minimum atomic E-state index is -0.107.